The molecule has 3 heteroatoms. The van der Waals surface area contributed by atoms with Crippen molar-refractivity contribution >= 4 is 35.5 Å². The maximum absolute atomic E-state index is 11.5. The minimum absolute atomic E-state index is 0. The van der Waals surface area contributed by atoms with Crippen LogP contribution in [-0.4, -0.2) is 35.5 Å². The molecule has 0 aliphatic heterocycles. The zero-order valence-corrected chi connectivity index (χ0v) is 13.7. The van der Waals surface area contributed by atoms with Gasteiger partial charge in [-0.05, 0) is 18.6 Å². The van der Waals surface area contributed by atoms with Crippen LogP contribution in [0.4, 0.5) is 0 Å². The molecule has 0 spiro atoms. The van der Waals surface area contributed by atoms with E-state index in [9.17, 15) is 4.79 Å². The molecular weight excluding hydrogens is 235 g/mol. The third kappa shape index (κ3) is 8.73. The van der Waals surface area contributed by atoms with Gasteiger partial charge in [0.1, 0.15) is 5.75 Å². The van der Waals surface area contributed by atoms with Crippen LogP contribution in [-0.2, 0) is 4.79 Å². The minimum atomic E-state index is -0.119. The molecule has 0 atom stereocenters. The van der Waals surface area contributed by atoms with Crippen molar-refractivity contribution in [2.75, 3.05) is 0 Å². The number of carbonyl (C=O) groups excluding carboxylic acids is 1. The number of unbranched alkanes of at least 4 members (excludes halogenated alkanes) is 5. The number of rotatable bonds is 8. The predicted octanol–water partition coefficient (Wildman–Crippen LogP) is 3.96. The molecule has 1 aromatic rings. The van der Waals surface area contributed by atoms with Crippen LogP contribution in [0.15, 0.2) is 30.3 Å². The first-order chi connectivity index (χ1) is 8.33. The van der Waals surface area contributed by atoms with Gasteiger partial charge in [-0.25, -0.2) is 0 Å². The van der Waals surface area contributed by atoms with Crippen molar-refractivity contribution in [3.05, 3.63) is 30.3 Å². The number of benzene rings is 1. The van der Waals surface area contributed by atoms with Gasteiger partial charge in [0.15, 0.2) is 0 Å². The topological polar surface area (TPSA) is 26.3 Å². The van der Waals surface area contributed by atoms with Gasteiger partial charge in [0, 0.05) is 36.0 Å². The van der Waals surface area contributed by atoms with E-state index in [1.807, 2.05) is 18.2 Å². The molecule has 0 saturated carbocycles. The Morgan fingerprint density at radius 1 is 1.00 bits per heavy atom. The maximum atomic E-state index is 11.5. The van der Waals surface area contributed by atoms with Gasteiger partial charge in [0.05, 0.1) is 0 Å². The molecule has 0 unspecified atom stereocenters. The van der Waals surface area contributed by atoms with E-state index in [2.05, 4.69) is 6.92 Å². The average molecular weight is 257 g/mol. The Hall–Kier alpha value is -0.310. The van der Waals surface area contributed by atoms with Crippen LogP contribution in [0.1, 0.15) is 51.9 Å². The molecular formula is C15H22NaO2. The molecule has 0 saturated heterocycles. The van der Waals surface area contributed by atoms with Gasteiger partial charge in [-0.3, -0.25) is 4.79 Å². The summed E-state index contributed by atoms with van der Waals surface area (Å²) in [5.74, 6) is 0.523. The van der Waals surface area contributed by atoms with Crippen molar-refractivity contribution in [3.63, 3.8) is 0 Å². The third-order valence-electron chi connectivity index (χ3n) is 2.71. The van der Waals surface area contributed by atoms with Gasteiger partial charge in [0.25, 0.3) is 0 Å². The van der Waals surface area contributed by atoms with Gasteiger partial charge in [0.2, 0.25) is 0 Å². The van der Waals surface area contributed by atoms with E-state index in [4.69, 9.17) is 4.74 Å². The van der Waals surface area contributed by atoms with Crippen molar-refractivity contribution in [2.24, 2.45) is 0 Å². The van der Waals surface area contributed by atoms with E-state index >= 15 is 0 Å². The first-order valence-corrected chi connectivity index (χ1v) is 6.58. The molecule has 0 heterocycles. The largest absolute Gasteiger partial charge is 0.427 e. The molecule has 0 amide bonds. The normalized spacial score (nSPS) is 9.61. The molecule has 18 heavy (non-hydrogen) atoms. The van der Waals surface area contributed by atoms with Crippen LogP contribution in [0.5, 0.6) is 5.75 Å². The van der Waals surface area contributed by atoms with E-state index in [0.717, 1.165) is 12.8 Å². The number of ether oxygens (including phenoxy) is 1. The quantitative estimate of drug-likeness (QED) is 0.305. The number of hydrogen-bond donors (Lipinski definition) is 0. The second-order valence-electron chi connectivity index (χ2n) is 4.30. The molecule has 0 aliphatic rings. The van der Waals surface area contributed by atoms with E-state index in [0.29, 0.717) is 12.2 Å². The fourth-order valence-corrected chi connectivity index (χ4v) is 1.72. The van der Waals surface area contributed by atoms with Crippen LogP contribution in [0.2, 0.25) is 0 Å². The van der Waals surface area contributed by atoms with Gasteiger partial charge < -0.3 is 4.74 Å². The zero-order valence-electron chi connectivity index (χ0n) is 11.7. The van der Waals surface area contributed by atoms with Gasteiger partial charge in [-0.2, -0.15) is 0 Å². The van der Waals surface area contributed by atoms with Crippen molar-refractivity contribution in [1.29, 1.82) is 0 Å². The summed E-state index contributed by atoms with van der Waals surface area (Å²) < 4.78 is 5.20. The predicted molar refractivity (Wildman–Crippen MR) is 75.8 cm³/mol. The van der Waals surface area contributed by atoms with E-state index in [-0.39, 0.29) is 35.5 Å². The summed E-state index contributed by atoms with van der Waals surface area (Å²) in [5, 5.41) is 0. The summed E-state index contributed by atoms with van der Waals surface area (Å²) >= 11 is 0. The Morgan fingerprint density at radius 3 is 2.28 bits per heavy atom. The van der Waals surface area contributed by atoms with Crippen molar-refractivity contribution in [3.8, 4) is 5.75 Å². The van der Waals surface area contributed by atoms with Crippen LogP contribution in [0.25, 0.3) is 0 Å². The number of para-hydroxylation sites is 1. The van der Waals surface area contributed by atoms with E-state index in [1.165, 1.54) is 25.7 Å². The number of hydrogen-bond acceptors (Lipinski definition) is 2. The van der Waals surface area contributed by atoms with Gasteiger partial charge in [-0.15, -0.1) is 0 Å². The Bertz CT molecular complexity index is 312. The smallest absolute Gasteiger partial charge is 0.311 e. The van der Waals surface area contributed by atoms with Gasteiger partial charge in [-0.1, -0.05) is 57.2 Å². The Kier molecular flexibility index (Phi) is 11.6. The molecule has 0 aliphatic carbocycles. The SMILES string of the molecule is CCCCCCCCC(=O)Oc1ccccc1.[Na]. The molecule has 1 radical (unpaired) electrons. The third-order valence-corrected chi connectivity index (χ3v) is 2.71. The Balaban J connectivity index is 0.00000289. The first-order valence-electron chi connectivity index (χ1n) is 6.58. The van der Waals surface area contributed by atoms with Crippen LogP contribution in [0.3, 0.4) is 0 Å². The molecule has 1 aromatic carbocycles. The number of esters is 1. The zero-order chi connectivity index (χ0) is 12.3. The standard InChI is InChI=1S/C15H22O2.Na/c1-2-3-4-5-6-10-13-15(16)17-14-11-8-7-9-12-14;/h7-9,11-12H,2-6,10,13H2,1H3;. The van der Waals surface area contributed by atoms with E-state index in [1.54, 1.807) is 12.1 Å². The first kappa shape index (κ1) is 17.7. The van der Waals surface area contributed by atoms with Gasteiger partial charge >= 0.3 is 5.97 Å². The van der Waals surface area contributed by atoms with Crippen LogP contribution in [0, 0.1) is 0 Å². The molecule has 0 fully saturated rings. The molecule has 1 rings (SSSR count). The Morgan fingerprint density at radius 2 is 1.61 bits per heavy atom. The van der Waals surface area contributed by atoms with Crippen LogP contribution >= 0.6 is 0 Å². The summed E-state index contributed by atoms with van der Waals surface area (Å²) in [6.45, 7) is 2.21. The van der Waals surface area contributed by atoms with E-state index < -0.39 is 0 Å². The minimum Gasteiger partial charge on any atom is -0.427 e. The fraction of sp³-hybridized carbons (Fsp3) is 0.533. The Labute approximate surface area is 132 Å². The molecule has 0 bridgehead atoms. The van der Waals surface area contributed by atoms with Crippen molar-refractivity contribution in [1.82, 2.24) is 0 Å². The summed E-state index contributed by atoms with van der Waals surface area (Å²) in [5.41, 5.74) is 0. The summed E-state index contributed by atoms with van der Waals surface area (Å²) in [6, 6.07) is 9.25. The van der Waals surface area contributed by atoms with Crippen LogP contribution < -0.4 is 4.74 Å². The molecule has 2 nitrogen and oxygen atoms in total. The van der Waals surface area contributed by atoms with Crippen molar-refractivity contribution < 1.29 is 9.53 Å². The molecule has 0 N–H and O–H groups in total. The average Bonchev–Trinajstić information content (AvgIpc) is 2.35. The monoisotopic (exact) mass is 257 g/mol. The molecule has 0 aromatic heterocycles. The molecule has 95 valence electrons. The second kappa shape index (κ2) is 11.8. The maximum Gasteiger partial charge on any atom is 0.311 e. The summed E-state index contributed by atoms with van der Waals surface area (Å²) in [7, 11) is 0. The summed E-state index contributed by atoms with van der Waals surface area (Å²) in [6.07, 6.45) is 7.67. The number of carbonyl (C=O) groups is 1. The summed E-state index contributed by atoms with van der Waals surface area (Å²) in [4.78, 5) is 11.5. The second-order valence-corrected chi connectivity index (χ2v) is 4.30. The fourth-order valence-electron chi connectivity index (χ4n) is 1.72. The van der Waals surface area contributed by atoms with Crippen molar-refractivity contribution in [2.45, 2.75) is 51.9 Å².